The highest BCUT2D eigenvalue weighted by Gasteiger charge is 1.99. The summed E-state index contributed by atoms with van der Waals surface area (Å²) in [7, 11) is 5.90. The number of rotatable bonds is 10. The van der Waals surface area contributed by atoms with Crippen LogP contribution in [0.15, 0.2) is 0 Å². The molecule has 0 fully saturated rings. The monoisotopic (exact) mass is 231 g/mol. The lowest BCUT2D eigenvalue weighted by atomic mass is 10.3. The molecule has 0 aliphatic heterocycles. The van der Waals surface area contributed by atoms with Crippen LogP contribution in [-0.4, -0.2) is 64.8 Å². The Bertz CT molecular complexity index is 175. The highest BCUT2D eigenvalue weighted by atomic mass is 16.5. The molecule has 96 valence electrons. The number of likely N-dealkylation sites (N-methyl/N-ethyl adjacent to an activating group) is 1. The number of hydrogen-bond acceptors (Lipinski definition) is 4. The fourth-order valence-electron chi connectivity index (χ4n) is 1.13. The van der Waals surface area contributed by atoms with Gasteiger partial charge in [-0.3, -0.25) is 4.79 Å². The fraction of sp³-hybridized carbons (Fsp3) is 0.909. The van der Waals surface area contributed by atoms with Crippen molar-refractivity contribution in [1.29, 1.82) is 0 Å². The second-order valence-corrected chi connectivity index (χ2v) is 3.97. The van der Waals surface area contributed by atoms with Crippen molar-refractivity contribution < 1.29 is 9.53 Å². The number of nitrogens with one attached hydrogen (secondary N) is 2. The molecular formula is C11H25N3O2. The van der Waals surface area contributed by atoms with Gasteiger partial charge in [-0.1, -0.05) is 0 Å². The lowest BCUT2D eigenvalue weighted by molar-refractivity contribution is -0.121. The molecule has 0 saturated heterocycles. The summed E-state index contributed by atoms with van der Waals surface area (Å²) in [6.07, 6.45) is 1.46. The molecular weight excluding hydrogens is 206 g/mol. The quantitative estimate of drug-likeness (QED) is 0.506. The van der Waals surface area contributed by atoms with Gasteiger partial charge in [-0.2, -0.15) is 0 Å². The molecule has 16 heavy (non-hydrogen) atoms. The first-order valence-electron chi connectivity index (χ1n) is 5.80. The van der Waals surface area contributed by atoms with Crippen LogP contribution in [-0.2, 0) is 9.53 Å². The molecule has 0 atom stereocenters. The van der Waals surface area contributed by atoms with E-state index in [1.54, 1.807) is 0 Å². The Morgan fingerprint density at radius 3 is 2.62 bits per heavy atom. The van der Waals surface area contributed by atoms with Crippen LogP contribution in [0.3, 0.4) is 0 Å². The molecule has 0 spiro atoms. The van der Waals surface area contributed by atoms with Gasteiger partial charge in [0, 0.05) is 19.5 Å². The SMILES string of the molecule is CNCCCC(=O)NCCOCCN(C)C. The summed E-state index contributed by atoms with van der Waals surface area (Å²) in [5.41, 5.74) is 0. The highest BCUT2D eigenvalue weighted by molar-refractivity contribution is 5.75. The van der Waals surface area contributed by atoms with Crippen LogP contribution in [0.5, 0.6) is 0 Å². The number of amides is 1. The van der Waals surface area contributed by atoms with E-state index in [-0.39, 0.29) is 5.91 Å². The van der Waals surface area contributed by atoms with Gasteiger partial charge in [0.25, 0.3) is 0 Å². The zero-order chi connectivity index (χ0) is 12.2. The molecule has 0 aliphatic carbocycles. The maximum absolute atomic E-state index is 11.3. The normalized spacial score (nSPS) is 10.8. The van der Waals surface area contributed by atoms with Crippen LogP contribution in [0.1, 0.15) is 12.8 Å². The topological polar surface area (TPSA) is 53.6 Å². The van der Waals surface area contributed by atoms with Gasteiger partial charge < -0.3 is 20.3 Å². The summed E-state index contributed by atoms with van der Waals surface area (Å²) in [5.74, 6) is 0.103. The Morgan fingerprint density at radius 1 is 1.25 bits per heavy atom. The minimum absolute atomic E-state index is 0.103. The summed E-state index contributed by atoms with van der Waals surface area (Å²) in [6, 6.07) is 0. The van der Waals surface area contributed by atoms with E-state index in [0.717, 1.165) is 19.5 Å². The molecule has 0 aromatic rings. The number of nitrogens with zero attached hydrogens (tertiary/aromatic N) is 1. The third-order valence-electron chi connectivity index (χ3n) is 2.08. The minimum atomic E-state index is 0.103. The molecule has 0 aliphatic rings. The predicted octanol–water partition coefficient (Wildman–Crippen LogP) is -0.320. The van der Waals surface area contributed by atoms with Crippen molar-refractivity contribution in [2.45, 2.75) is 12.8 Å². The van der Waals surface area contributed by atoms with Crippen LogP contribution >= 0.6 is 0 Å². The van der Waals surface area contributed by atoms with Crippen molar-refractivity contribution in [2.75, 3.05) is 54.0 Å². The molecule has 1 amide bonds. The van der Waals surface area contributed by atoms with Crippen molar-refractivity contribution >= 4 is 5.91 Å². The molecule has 5 nitrogen and oxygen atoms in total. The minimum Gasteiger partial charge on any atom is -0.378 e. The van der Waals surface area contributed by atoms with Crippen molar-refractivity contribution in [3.05, 3.63) is 0 Å². The number of ether oxygens (including phenoxy) is 1. The maximum atomic E-state index is 11.3. The van der Waals surface area contributed by atoms with E-state index in [4.69, 9.17) is 4.74 Å². The van der Waals surface area contributed by atoms with Crippen LogP contribution in [0.4, 0.5) is 0 Å². The highest BCUT2D eigenvalue weighted by Crippen LogP contribution is 1.86. The smallest absolute Gasteiger partial charge is 0.220 e. The van der Waals surface area contributed by atoms with Crippen molar-refractivity contribution in [1.82, 2.24) is 15.5 Å². The van der Waals surface area contributed by atoms with Gasteiger partial charge in [0.2, 0.25) is 5.91 Å². The molecule has 0 aromatic heterocycles. The summed E-state index contributed by atoms with van der Waals surface area (Å²) >= 11 is 0. The number of carbonyl (C=O) groups excluding carboxylic acids is 1. The maximum Gasteiger partial charge on any atom is 0.220 e. The zero-order valence-corrected chi connectivity index (χ0v) is 10.7. The van der Waals surface area contributed by atoms with Gasteiger partial charge in [-0.05, 0) is 34.1 Å². The van der Waals surface area contributed by atoms with Gasteiger partial charge in [0.05, 0.1) is 13.2 Å². The van der Waals surface area contributed by atoms with Crippen molar-refractivity contribution in [3.63, 3.8) is 0 Å². The second kappa shape index (κ2) is 10.9. The van der Waals surface area contributed by atoms with Gasteiger partial charge in [0.15, 0.2) is 0 Å². The van der Waals surface area contributed by atoms with Crippen molar-refractivity contribution in [2.24, 2.45) is 0 Å². The molecule has 0 aromatic carbocycles. The molecule has 0 radical (unpaired) electrons. The Hall–Kier alpha value is -0.650. The summed E-state index contributed by atoms with van der Waals surface area (Å²) in [4.78, 5) is 13.3. The summed E-state index contributed by atoms with van der Waals surface area (Å²) in [6.45, 7) is 3.70. The van der Waals surface area contributed by atoms with Crippen LogP contribution < -0.4 is 10.6 Å². The molecule has 2 N–H and O–H groups in total. The van der Waals surface area contributed by atoms with Gasteiger partial charge in [-0.15, -0.1) is 0 Å². The van der Waals surface area contributed by atoms with E-state index >= 15 is 0 Å². The average Bonchev–Trinajstić information content (AvgIpc) is 2.23. The van der Waals surface area contributed by atoms with E-state index in [9.17, 15) is 4.79 Å². The largest absolute Gasteiger partial charge is 0.378 e. The third kappa shape index (κ3) is 11.4. The Balaban J connectivity index is 3.15. The first kappa shape index (κ1) is 15.3. The van der Waals surface area contributed by atoms with E-state index in [1.807, 2.05) is 21.1 Å². The van der Waals surface area contributed by atoms with E-state index in [1.165, 1.54) is 0 Å². The van der Waals surface area contributed by atoms with Gasteiger partial charge >= 0.3 is 0 Å². The first-order chi connectivity index (χ1) is 7.66. The van der Waals surface area contributed by atoms with Crippen molar-refractivity contribution in [3.8, 4) is 0 Å². The fourth-order valence-corrected chi connectivity index (χ4v) is 1.13. The Kier molecular flexibility index (Phi) is 10.4. The van der Waals surface area contributed by atoms with Crippen LogP contribution in [0.25, 0.3) is 0 Å². The molecule has 0 heterocycles. The number of carbonyl (C=O) groups is 1. The number of hydrogen-bond donors (Lipinski definition) is 2. The van der Waals surface area contributed by atoms with E-state index in [0.29, 0.717) is 26.2 Å². The molecule has 0 saturated carbocycles. The predicted molar refractivity (Wildman–Crippen MR) is 65.5 cm³/mol. The first-order valence-corrected chi connectivity index (χ1v) is 5.80. The van der Waals surface area contributed by atoms with Crippen LogP contribution in [0.2, 0.25) is 0 Å². The third-order valence-corrected chi connectivity index (χ3v) is 2.08. The zero-order valence-electron chi connectivity index (χ0n) is 10.7. The molecule has 0 bridgehead atoms. The summed E-state index contributed by atoms with van der Waals surface area (Å²) < 4.78 is 5.35. The summed E-state index contributed by atoms with van der Waals surface area (Å²) in [5, 5.41) is 5.83. The molecule has 0 rings (SSSR count). The average molecular weight is 231 g/mol. The Morgan fingerprint density at radius 2 is 2.00 bits per heavy atom. The lowest BCUT2D eigenvalue weighted by Gasteiger charge is -2.10. The van der Waals surface area contributed by atoms with Gasteiger partial charge in [-0.25, -0.2) is 0 Å². The molecule has 0 unspecified atom stereocenters. The standard InChI is InChI=1S/C11H25N3O2/c1-12-6-4-5-11(15)13-7-9-16-10-8-14(2)3/h12H,4-10H2,1-3H3,(H,13,15). The van der Waals surface area contributed by atoms with E-state index in [2.05, 4.69) is 15.5 Å². The molecule has 5 heteroatoms. The van der Waals surface area contributed by atoms with Gasteiger partial charge in [0.1, 0.15) is 0 Å². The van der Waals surface area contributed by atoms with E-state index < -0.39 is 0 Å². The van der Waals surface area contributed by atoms with Crippen LogP contribution in [0, 0.1) is 0 Å². The Labute approximate surface area is 98.5 Å². The second-order valence-electron chi connectivity index (χ2n) is 3.97. The lowest BCUT2D eigenvalue weighted by Crippen LogP contribution is -2.28.